The Labute approximate surface area is 138 Å². The van der Waals surface area contributed by atoms with Crippen LogP contribution in [-0.4, -0.2) is 35.1 Å². The number of hydrogen-bond acceptors (Lipinski definition) is 4. The Balaban J connectivity index is 1.84. The number of rotatable bonds is 5. The second-order valence-electron chi connectivity index (χ2n) is 4.83. The summed E-state index contributed by atoms with van der Waals surface area (Å²) in [4.78, 5) is 11.8. The Hall–Kier alpha value is -1.82. The molecule has 0 saturated heterocycles. The summed E-state index contributed by atoms with van der Waals surface area (Å²) >= 11 is 11.9. The fourth-order valence-corrected chi connectivity index (χ4v) is 2.40. The van der Waals surface area contributed by atoms with Crippen LogP contribution in [0.2, 0.25) is 10.2 Å². The molecule has 0 bridgehead atoms. The van der Waals surface area contributed by atoms with Gasteiger partial charge < -0.3 is 15.6 Å². The molecule has 3 N–H and O–H groups in total. The minimum atomic E-state index is 0.260. The number of pyridine rings is 1. The van der Waals surface area contributed by atoms with E-state index in [0.29, 0.717) is 10.7 Å². The van der Waals surface area contributed by atoms with Gasteiger partial charge >= 0.3 is 0 Å². The van der Waals surface area contributed by atoms with Gasteiger partial charge in [0.1, 0.15) is 11.0 Å². The summed E-state index contributed by atoms with van der Waals surface area (Å²) in [6.07, 6.45) is 0. The number of likely N-dealkylation sites (N-methyl/N-ethyl adjacent to an activating group) is 1. The van der Waals surface area contributed by atoms with Gasteiger partial charge in [0.2, 0.25) is 0 Å². The standard InChI is InChI=1S/C15H15Cl2N5/c1-18-6-7-19-10-4-2-9(3-5-10)14-20-12-8-11(16)13(17)21-15(12)22-14/h2-5,8,18-19H,6-7H2,1H3,(H,20,21,22). The molecule has 0 aliphatic heterocycles. The molecule has 0 atom stereocenters. The zero-order chi connectivity index (χ0) is 15.5. The molecule has 1 aromatic carbocycles. The monoisotopic (exact) mass is 335 g/mol. The molecule has 5 nitrogen and oxygen atoms in total. The van der Waals surface area contributed by atoms with E-state index in [1.807, 2.05) is 31.3 Å². The van der Waals surface area contributed by atoms with Crippen LogP contribution in [0.5, 0.6) is 0 Å². The highest BCUT2D eigenvalue weighted by Crippen LogP contribution is 2.26. The van der Waals surface area contributed by atoms with Crippen molar-refractivity contribution in [1.29, 1.82) is 0 Å². The summed E-state index contributed by atoms with van der Waals surface area (Å²) in [5.74, 6) is 0.739. The van der Waals surface area contributed by atoms with Crippen molar-refractivity contribution in [3.63, 3.8) is 0 Å². The second kappa shape index (κ2) is 6.52. The van der Waals surface area contributed by atoms with Crippen LogP contribution in [0.15, 0.2) is 30.3 Å². The van der Waals surface area contributed by atoms with Gasteiger partial charge in [0.15, 0.2) is 5.65 Å². The quantitative estimate of drug-likeness (QED) is 0.492. The topological polar surface area (TPSA) is 65.6 Å². The highest BCUT2D eigenvalue weighted by Gasteiger charge is 2.09. The van der Waals surface area contributed by atoms with Gasteiger partial charge in [-0.2, -0.15) is 0 Å². The van der Waals surface area contributed by atoms with Gasteiger partial charge in [-0.25, -0.2) is 9.97 Å². The smallest absolute Gasteiger partial charge is 0.179 e. The van der Waals surface area contributed by atoms with Gasteiger partial charge in [0, 0.05) is 24.3 Å². The molecule has 22 heavy (non-hydrogen) atoms. The van der Waals surface area contributed by atoms with Crippen LogP contribution in [0.25, 0.3) is 22.6 Å². The van der Waals surface area contributed by atoms with Gasteiger partial charge in [-0.05, 0) is 37.4 Å². The van der Waals surface area contributed by atoms with E-state index in [4.69, 9.17) is 23.2 Å². The second-order valence-corrected chi connectivity index (χ2v) is 5.59. The van der Waals surface area contributed by atoms with Crippen LogP contribution < -0.4 is 10.6 Å². The molecule has 2 aromatic heterocycles. The Bertz CT molecular complexity index is 743. The van der Waals surface area contributed by atoms with Gasteiger partial charge in [0.05, 0.1) is 10.5 Å². The van der Waals surface area contributed by atoms with Gasteiger partial charge in [-0.1, -0.05) is 23.2 Å². The third-order valence-corrected chi connectivity index (χ3v) is 3.92. The molecule has 0 spiro atoms. The Morgan fingerprint density at radius 1 is 1.09 bits per heavy atom. The number of aromatic amines is 1. The molecule has 0 aliphatic rings. The van der Waals surface area contributed by atoms with Crippen LogP contribution in [0.1, 0.15) is 0 Å². The lowest BCUT2D eigenvalue weighted by Gasteiger charge is -2.06. The zero-order valence-corrected chi connectivity index (χ0v) is 13.5. The molecule has 0 radical (unpaired) electrons. The maximum Gasteiger partial charge on any atom is 0.179 e. The van der Waals surface area contributed by atoms with E-state index in [1.54, 1.807) is 6.07 Å². The molecular weight excluding hydrogens is 321 g/mol. The summed E-state index contributed by atoms with van der Waals surface area (Å²) in [6, 6.07) is 9.78. The third kappa shape index (κ3) is 3.16. The van der Waals surface area contributed by atoms with Crippen molar-refractivity contribution in [2.45, 2.75) is 0 Å². The van der Waals surface area contributed by atoms with Crippen LogP contribution in [0.3, 0.4) is 0 Å². The molecule has 3 rings (SSSR count). The molecule has 7 heteroatoms. The summed E-state index contributed by atoms with van der Waals surface area (Å²) in [6.45, 7) is 1.79. The third-order valence-electron chi connectivity index (χ3n) is 3.25. The number of nitrogens with one attached hydrogen (secondary N) is 3. The number of benzene rings is 1. The fraction of sp³-hybridized carbons (Fsp3) is 0.200. The molecular formula is C15H15Cl2N5. The summed E-state index contributed by atoms with van der Waals surface area (Å²) in [7, 11) is 1.93. The minimum absolute atomic E-state index is 0.260. The number of anilines is 1. The van der Waals surface area contributed by atoms with Crippen LogP contribution in [-0.2, 0) is 0 Å². The van der Waals surface area contributed by atoms with Crippen molar-refractivity contribution < 1.29 is 0 Å². The molecule has 2 heterocycles. The predicted octanol–water partition coefficient (Wildman–Crippen LogP) is 3.56. The van der Waals surface area contributed by atoms with E-state index in [2.05, 4.69) is 25.6 Å². The van der Waals surface area contributed by atoms with E-state index < -0.39 is 0 Å². The normalized spacial score (nSPS) is 11.0. The first-order chi connectivity index (χ1) is 10.7. The Kier molecular flexibility index (Phi) is 4.47. The lowest BCUT2D eigenvalue weighted by atomic mass is 10.2. The van der Waals surface area contributed by atoms with Crippen molar-refractivity contribution in [3.8, 4) is 11.4 Å². The van der Waals surface area contributed by atoms with E-state index in [9.17, 15) is 0 Å². The minimum Gasteiger partial charge on any atom is -0.384 e. The first-order valence-corrected chi connectivity index (χ1v) is 7.63. The van der Waals surface area contributed by atoms with Crippen molar-refractivity contribution >= 4 is 40.1 Å². The summed E-state index contributed by atoms with van der Waals surface area (Å²) < 4.78 is 0. The summed E-state index contributed by atoms with van der Waals surface area (Å²) in [5.41, 5.74) is 3.37. The largest absolute Gasteiger partial charge is 0.384 e. The van der Waals surface area contributed by atoms with Crippen LogP contribution in [0.4, 0.5) is 5.69 Å². The molecule has 114 valence electrons. The molecule has 0 fully saturated rings. The van der Waals surface area contributed by atoms with Gasteiger partial charge in [0.25, 0.3) is 0 Å². The van der Waals surface area contributed by atoms with E-state index >= 15 is 0 Å². The van der Waals surface area contributed by atoms with Gasteiger partial charge in [-0.15, -0.1) is 0 Å². The van der Waals surface area contributed by atoms with Crippen molar-refractivity contribution in [1.82, 2.24) is 20.3 Å². The fourth-order valence-electron chi connectivity index (χ4n) is 2.11. The lowest BCUT2D eigenvalue weighted by molar-refractivity contribution is 0.824. The van der Waals surface area contributed by atoms with Crippen molar-refractivity contribution in [3.05, 3.63) is 40.5 Å². The van der Waals surface area contributed by atoms with Gasteiger partial charge in [-0.3, -0.25) is 0 Å². The van der Waals surface area contributed by atoms with Crippen molar-refractivity contribution in [2.24, 2.45) is 0 Å². The van der Waals surface area contributed by atoms with Crippen LogP contribution in [0, 0.1) is 0 Å². The Morgan fingerprint density at radius 2 is 1.86 bits per heavy atom. The number of halogens is 2. The number of imidazole rings is 1. The predicted molar refractivity (Wildman–Crippen MR) is 91.8 cm³/mol. The molecule has 0 amide bonds. The first-order valence-electron chi connectivity index (χ1n) is 6.88. The van der Waals surface area contributed by atoms with Crippen molar-refractivity contribution in [2.75, 3.05) is 25.5 Å². The molecule has 3 aromatic rings. The lowest BCUT2D eigenvalue weighted by Crippen LogP contribution is -2.17. The zero-order valence-electron chi connectivity index (χ0n) is 12.0. The first kappa shape index (κ1) is 15.1. The van der Waals surface area contributed by atoms with E-state index in [-0.39, 0.29) is 5.15 Å². The van der Waals surface area contributed by atoms with Crippen LogP contribution >= 0.6 is 23.2 Å². The highest BCUT2D eigenvalue weighted by molar-refractivity contribution is 6.41. The average molecular weight is 336 g/mol. The van der Waals surface area contributed by atoms with E-state index in [1.165, 1.54) is 0 Å². The summed E-state index contributed by atoms with van der Waals surface area (Å²) in [5, 5.41) is 7.09. The SMILES string of the molecule is CNCCNc1ccc(-c2nc3nc(Cl)c(Cl)cc3[nH]2)cc1. The molecule has 0 unspecified atom stereocenters. The maximum absolute atomic E-state index is 5.97. The number of hydrogen-bond donors (Lipinski definition) is 3. The average Bonchev–Trinajstić information content (AvgIpc) is 2.91. The van der Waals surface area contributed by atoms with E-state index in [0.717, 1.165) is 35.7 Å². The Morgan fingerprint density at radius 3 is 2.59 bits per heavy atom. The molecule has 0 aliphatic carbocycles. The number of fused-ring (bicyclic) bond motifs is 1. The maximum atomic E-state index is 5.97. The number of aromatic nitrogens is 3. The number of nitrogens with zero attached hydrogens (tertiary/aromatic N) is 2. The highest BCUT2D eigenvalue weighted by atomic mass is 35.5. The number of H-pyrrole nitrogens is 1. The molecule has 0 saturated carbocycles.